The summed E-state index contributed by atoms with van der Waals surface area (Å²) in [5.41, 5.74) is -0.295. The number of methoxy groups -OCH3 is 1. The Morgan fingerprint density at radius 3 is 2.40 bits per heavy atom. The van der Waals surface area contributed by atoms with Crippen molar-refractivity contribution >= 4 is 11.9 Å². The third-order valence-electron chi connectivity index (χ3n) is 3.91. The summed E-state index contributed by atoms with van der Waals surface area (Å²) in [5.74, 6) is 0.306. The first-order chi connectivity index (χ1) is 9.39. The van der Waals surface area contributed by atoms with E-state index in [0.29, 0.717) is 19.0 Å². The maximum Gasteiger partial charge on any atom is 0.307 e. The van der Waals surface area contributed by atoms with Crippen LogP contribution < -0.4 is 5.32 Å². The highest BCUT2D eigenvalue weighted by Crippen LogP contribution is 2.30. The van der Waals surface area contributed by atoms with Gasteiger partial charge in [0.25, 0.3) is 0 Å². The van der Waals surface area contributed by atoms with Crippen molar-refractivity contribution in [3.63, 3.8) is 0 Å². The molecule has 20 heavy (non-hydrogen) atoms. The van der Waals surface area contributed by atoms with Gasteiger partial charge in [0.05, 0.1) is 13.5 Å². The molecule has 0 aromatic rings. The highest BCUT2D eigenvalue weighted by molar-refractivity contribution is 5.83. The predicted molar refractivity (Wildman–Crippen MR) is 78.3 cm³/mol. The minimum atomic E-state index is -0.295. The first kappa shape index (κ1) is 17.0. The van der Waals surface area contributed by atoms with E-state index in [1.54, 1.807) is 0 Å². The lowest BCUT2D eigenvalue weighted by Gasteiger charge is -2.38. The molecule has 5 nitrogen and oxygen atoms in total. The number of carbonyl (C=O) groups excluding carboxylic acids is 2. The second kappa shape index (κ2) is 7.62. The highest BCUT2D eigenvalue weighted by atomic mass is 16.5. The fourth-order valence-electron chi connectivity index (χ4n) is 2.62. The molecule has 1 heterocycles. The van der Waals surface area contributed by atoms with E-state index in [1.165, 1.54) is 7.11 Å². The molecular weight excluding hydrogens is 256 g/mol. The largest absolute Gasteiger partial charge is 0.469 e. The van der Waals surface area contributed by atoms with Gasteiger partial charge in [-0.05, 0) is 31.8 Å². The summed E-state index contributed by atoms with van der Waals surface area (Å²) in [7, 11) is 1.38. The fourth-order valence-corrected chi connectivity index (χ4v) is 2.62. The zero-order valence-corrected chi connectivity index (χ0v) is 13.2. The van der Waals surface area contributed by atoms with Gasteiger partial charge in [0, 0.05) is 18.5 Å². The molecule has 1 aliphatic heterocycles. The predicted octanol–water partition coefficient (Wildman–Crippen LogP) is 1.42. The van der Waals surface area contributed by atoms with E-state index in [9.17, 15) is 9.59 Å². The third kappa shape index (κ3) is 4.78. The minimum absolute atomic E-state index is 0.177. The van der Waals surface area contributed by atoms with Crippen molar-refractivity contribution in [3.8, 4) is 0 Å². The Labute approximate surface area is 122 Å². The molecule has 1 fully saturated rings. The van der Waals surface area contributed by atoms with Crippen molar-refractivity contribution in [1.82, 2.24) is 10.2 Å². The van der Waals surface area contributed by atoms with Crippen LogP contribution in [0.2, 0.25) is 0 Å². The van der Waals surface area contributed by atoms with Gasteiger partial charge in [-0.15, -0.1) is 0 Å². The van der Waals surface area contributed by atoms with Gasteiger partial charge in [-0.1, -0.05) is 20.8 Å². The topological polar surface area (TPSA) is 58.6 Å². The van der Waals surface area contributed by atoms with Crippen molar-refractivity contribution in [3.05, 3.63) is 0 Å². The SMILES string of the molecule is COC(=O)CCN(CC(C)C)C(=O)C1(C)CCNCC1. The van der Waals surface area contributed by atoms with Crippen LogP contribution in [0.15, 0.2) is 0 Å². The Morgan fingerprint density at radius 1 is 1.30 bits per heavy atom. The molecule has 0 unspecified atom stereocenters. The summed E-state index contributed by atoms with van der Waals surface area (Å²) < 4.78 is 4.67. The molecule has 1 N–H and O–H groups in total. The second-order valence-corrected chi connectivity index (χ2v) is 6.28. The van der Waals surface area contributed by atoms with Crippen molar-refractivity contribution in [1.29, 1.82) is 0 Å². The molecule has 0 radical (unpaired) electrons. The number of amides is 1. The Bertz CT molecular complexity index is 336. The van der Waals surface area contributed by atoms with E-state index in [0.717, 1.165) is 25.9 Å². The standard InChI is InChI=1S/C15H28N2O3/c1-12(2)11-17(10-5-13(18)20-4)14(19)15(3)6-8-16-9-7-15/h12,16H,5-11H2,1-4H3. The van der Waals surface area contributed by atoms with Crippen LogP contribution in [0.5, 0.6) is 0 Å². The molecule has 1 saturated heterocycles. The number of carbonyl (C=O) groups is 2. The molecule has 0 aromatic heterocycles. The van der Waals surface area contributed by atoms with Crippen LogP contribution in [-0.4, -0.2) is 50.1 Å². The summed E-state index contributed by atoms with van der Waals surface area (Å²) in [6.45, 7) is 9.13. The van der Waals surface area contributed by atoms with E-state index >= 15 is 0 Å². The quantitative estimate of drug-likeness (QED) is 0.750. The molecule has 5 heteroatoms. The van der Waals surface area contributed by atoms with Crippen molar-refractivity contribution < 1.29 is 14.3 Å². The zero-order chi connectivity index (χ0) is 15.2. The molecule has 1 amide bonds. The lowest BCUT2D eigenvalue weighted by molar-refractivity contribution is -0.146. The van der Waals surface area contributed by atoms with Crippen molar-refractivity contribution in [2.45, 2.75) is 40.0 Å². The highest BCUT2D eigenvalue weighted by Gasteiger charge is 2.37. The third-order valence-corrected chi connectivity index (χ3v) is 3.91. The minimum Gasteiger partial charge on any atom is -0.469 e. The van der Waals surface area contributed by atoms with Crippen LogP contribution in [0.4, 0.5) is 0 Å². The van der Waals surface area contributed by atoms with E-state index in [-0.39, 0.29) is 23.7 Å². The van der Waals surface area contributed by atoms with Gasteiger partial charge in [0.2, 0.25) is 5.91 Å². The lowest BCUT2D eigenvalue weighted by Crippen LogP contribution is -2.49. The zero-order valence-electron chi connectivity index (χ0n) is 13.2. The Morgan fingerprint density at radius 2 is 1.90 bits per heavy atom. The smallest absolute Gasteiger partial charge is 0.307 e. The number of hydrogen-bond acceptors (Lipinski definition) is 4. The molecule has 0 aromatic carbocycles. The molecule has 0 spiro atoms. The molecule has 116 valence electrons. The Kier molecular flexibility index (Phi) is 6.46. The van der Waals surface area contributed by atoms with Crippen LogP contribution in [0.25, 0.3) is 0 Å². The summed E-state index contributed by atoms with van der Waals surface area (Å²) in [5, 5.41) is 3.29. The van der Waals surface area contributed by atoms with Crippen molar-refractivity contribution in [2.24, 2.45) is 11.3 Å². The van der Waals surface area contributed by atoms with Gasteiger partial charge in [-0.25, -0.2) is 0 Å². The van der Waals surface area contributed by atoms with Gasteiger partial charge in [0.15, 0.2) is 0 Å². The van der Waals surface area contributed by atoms with Crippen LogP contribution in [-0.2, 0) is 14.3 Å². The Balaban J connectivity index is 2.70. The summed E-state index contributed by atoms with van der Waals surface area (Å²) in [4.78, 5) is 26.0. The Hall–Kier alpha value is -1.10. The van der Waals surface area contributed by atoms with Crippen LogP contribution in [0.1, 0.15) is 40.0 Å². The normalized spacial score (nSPS) is 17.9. The number of esters is 1. The van der Waals surface area contributed by atoms with Crippen LogP contribution in [0.3, 0.4) is 0 Å². The van der Waals surface area contributed by atoms with Gasteiger partial charge >= 0.3 is 5.97 Å². The lowest BCUT2D eigenvalue weighted by atomic mass is 9.79. The number of rotatable bonds is 6. The first-order valence-electron chi connectivity index (χ1n) is 7.46. The summed E-state index contributed by atoms with van der Waals surface area (Å²) in [6.07, 6.45) is 1.99. The van der Waals surface area contributed by atoms with Crippen LogP contribution in [0, 0.1) is 11.3 Å². The van der Waals surface area contributed by atoms with E-state index in [2.05, 4.69) is 23.9 Å². The molecule has 1 rings (SSSR count). The summed E-state index contributed by atoms with van der Waals surface area (Å²) in [6, 6.07) is 0. The maximum atomic E-state index is 12.8. The van der Waals surface area contributed by atoms with E-state index in [4.69, 9.17) is 0 Å². The van der Waals surface area contributed by atoms with Gasteiger partial charge in [0.1, 0.15) is 0 Å². The number of ether oxygens (including phenoxy) is 1. The molecule has 0 aliphatic carbocycles. The number of nitrogens with one attached hydrogen (secondary N) is 1. The average Bonchev–Trinajstić information content (AvgIpc) is 2.42. The molecular formula is C15H28N2O3. The average molecular weight is 284 g/mol. The molecule has 1 aliphatic rings. The number of hydrogen-bond donors (Lipinski definition) is 1. The molecule has 0 bridgehead atoms. The van der Waals surface area contributed by atoms with Gasteiger partial charge in [-0.3, -0.25) is 9.59 Å². The molecule has 0 atom stereocenters. The van der Waals surface area contributed by atoms with Gasteiger partial charge in [-0.2, -0.15) is 0 Å². The van der Waals surface area contributed by atoms with Gasteiger partial charge < -0.3 is 15.0 Å². The maximum absolute atomic E-state index is 12.8. The molecule has 0 saturated carbocycles. The van der Waals surface area contributed by atoms with Crippen LogP contribution >= 0.6 is 0 Å². The summed E-state index contributed by atoms with van der Waals surface area (Å²) >= 11 is 0. The monoisotopic (exact) mass is 284 g/mol. The number of piperidine rings is 1. The van der Waals surface area contributed by atoms with E-state index < -0.39 is 0 Å². The van der Waals surface area contributed by atoms with E-state index in [1.807, 2.05) is 11.8 Å². The second-order valence-electron chi connectivity index (χ2n) is 6.28. The first-order valence-corrected chi connectivity index (χ1v) is 7.46. The number of nitrogens with zero attached hydrogens (tertiary/aromatic N) is 1. The fraction of sp³-hybridized carbons (Fsp3) is 0.867. The van der Waals surface area contributed by atoms with Crippen molar-refractivity contribution in [2.75, 3.05) is 33.3 Å².